The van der Waals surface area contributed by atoms with Gasteiger partial charge in [0, 0.05) is 32.7 Å². The largest absolute Gasteiger partial charge is 0.433 e. The molecule has 118 valence electrons. The summed E-state index contributed by atoms with van der Waals surface area (Å²) in [5.41, 5.74) is -0.923. The highest BCUT2D eigenvalue weighted by atomic mass is 19.4. The van der Waals surface area contributed by atoms with E-state index in [2.05, 4.69) is 20.2 Å². The van der Waals surface area contributed by atoms with Crippen molar-refractivity contribution in [3.05, 3.63) is 11.8 Å². The maximum Gasteiger partial charge on any atom is 0.433 e. The maximum atomic E-state index is 12.9. The van der Waals surface area contributed by atoms with E-state index in [1.165, 1.54) is 7.05 Å². The van der Waals surface area contributed by atoms with Crippen LogP contribution in [0.25, 0.3) is 0 Å². The Morgan fingerprint density at radius 1 is 1.38 bits per heavy atom. The number of piperidine rings is 1. The zero-order valence-electron chi connectivity index (χ0n) is 12.4. The van der Waals surface area contributed by atoms with E-state index in [0.29, 0.717) is 5.82 Å². The number of likely N-dealkylation sites (N-methyl/N-ethyl adjacent to an activating group) is 2. The number of nitrogens with zero attached hydrogens (tertiary/aromatic N) is 4. The van der Waals surface area contributed by atoms with Crippen molar-refractivity contribution < 1.29 is 13.2 Å². The quantitative estimate of drug-likeness (QED) is 0.926. The van der Waals surface area contributed by atoms with E-state index in [9.17, 15) is 13.2 Å². The summed E-state index contributed by atoms with van der Waals surface area (Å²) in [7, 11) is 5.31. The van der Waals surface area contributed by atoms with Crippen LogP contribution in [0.15, 0.2) is 6.07 Å². The molecule has 1 atom stereocenters. The second-order valence-electron chi connectivity index (χ2n) is 5.35. The molecule has 0 amide bonds. The van der Waals surface area contributed by atoms with Gasteiger partial charge in [-0.05, 0) is 26.4 Å². The second-order valence-corrected chi connectivity index (χ2v) is 5.35. The number of halogens is 3. The molecule has 1 aromatic rings. The number of aromatic nitrogens is 2. The summed E-state index contributed by atoms with van der Waals surface area (Å²) in [6.07, 6.45) is -2.50. The molecular formula is C13H20F3N5. The van der Waals surface area contributed by atoms with Crippen LogP contribution in [-0.2, 0) is 6.18 Å². The van der Waals surface area contributed by atoms with Gasteiger partial charge in [0.25, 0.3) is 0 Å². The van der Waals surface area contributed by atoms with Gasteiger partial charge in [0.15, 0.2) is 5.69 Å². The Labute approximate surface area is 122 Å². The lowest BCUT2D eigenvalue weighted by molar-refractivity contribution is -0.141. The maximum absolute atomic E-state index is 12.9. The fraction of sp³-hybridized carbons (Fsp3) is 0.692. The minimum Gasteiger partial charge on any atom is -0.357 e. The minimum absolute atomic E-state index is 0.0177. The number of hydrogen-bond donors (Lipinski definition) is 1. The van der Waals surface area contributed by atoms with Gasteiger partial charge in [-0.25, -0.2) is 4.98 Å². The van der Waals surface area contributed by atoms with Crippen LogP contribution >= 0.6 is 0 Å². The molecule has 5 nitrogen and oxygen atoms in total. The molecule has 2 heterocycles. The fourth-order valence-electron chi connectivity index (χ4n) is 2.51. The summed E-state index contributed by atoms with van der Waals surface area (Å²) in [5.74, 6) is 0.276. The Bertz CT molecular complexity index is 491. The standard InChI is InChI=1S/C13H20F3N5/c1-17-12-18-10(13(14,15)16)7-11(19-12)21(3)9-5-4-6-20(2)8-9/h7,9H,4-6,8H2,1-3H3,(H,17,18,19). The van der Waals surface area contributed by atoms with Crippen LogP contribution in [0.1, 0.15) is 18.5 Å². The van der Waals surface area contributed by atoms with Gasteiger partial charge in [0.05, 0.1) is 0 Å². The summed E-state index contributed by atoms with van der Waals surface area (Å²) >= 11 is 0. The Balaban J connectivity index is 2.29. The summed E-state index contributed by atoms with van der Waals surface area (Å²) in [6.45, 7) is 1.83. The van der Waals surface area contributed by atoms with E-state index in [4.69, 9.17) is 0 Å². The number of hydrogen-bond acceptors (Lipinski definition) is 5. The topological polar surface area (TPSA) is 44.3 Å². The van der Waals surface area contributed by atoms with E-state index in [1.807, 2.05) is 11.9 Å². The molecule has 0 aromatic carbocycles. The van der Waals surface area contributed by atoms with Crippen molar-refractivity contribution in [2.75, 3.05) is 44.4 Å². The predicted molar refractivity (Wildman–Crippen MR) is 75.5 cm³/mol. The highest BCUT2D eigenvalue weighted by Gasteiger charge is 2.34. The first-order valence-corrected chi connectivity index (χ1v) is 6.86. The normalized spacial score (nSPS) is 20.4. The third-order valence-corrected chi connectivity index (χ3v) is 3.74. The van der Waals surface area contributed by atoms with E-state index in [1.54, 1.807) is 7.05 Å². The Morgan fingerprint density at radius 2 is 2.10 bits per heavy atom. The van der Waals surface area contributed by atoms with Gasteiger partial charge in [-0.1, -0.05) is 0 Å². The van der Waals surface area contributed by atoms with Crippen LogP contribution in [0, 0.1) is 0 Å². The van der Waals surface area contributed by atoms with Crippen molar-refractivity contribution in [2.24, 2.45) is 0 Å². The molecule has 8 heteroatoms. The van der Waals surface area contributed by atoms with Crippen LogP contribution in [0.3, 0.4) is 0 Å². The number of anilines is 2. The Hall–Kier alpha value is -1.57. The SMILES string of the molecule is CNc1nc(N(C)C2CCCN(C)C2)cc(C(F)(F)F)n1. The zero-order valence-corrected chi connectivity index (χ0v) is 12.4. The lowest BCUT2D eigenvalue weighted by Gasteiger charge is -2.36. The molecule has 2 rings (SSSR count). The highest BCUT2D eigenvalue weighted by molar-refractivity contribution is 5.45. The van der Waals surface area contributed by atoms with Crippen LogP contribution in [0.4, 0.5) is 24.9 Å². The molecule has 1 fully saturated rings. The smallest absolute Gasteiger partial charge is 0.357 e. The van der Waals surface area contributed by atoms with Gasteiger partial charge >= 0.3 is 6.18 Å². The minimum atomic E-state index is -4.48. The van der Waals surface area contributed by atoms with Crippen molar-refractivity contribution in [3.63, 3.8) is 0 Å². The highest BCUT2D eigenvalue weighted by Crippen LogP contribution is 2.31. The summed E-state index contributed by atoms with van der Waals surface area (Å²) in [6, 6.07) is 1.17. The number of alkyl halides is 3. The second kappa shape index (κ2) is 6.05. The van der Waals surface area contributed by atoms with Gasteiger partial charge < -0.3 is 15.1 Å². The first-order chi connectivity index (χ1) is 9.81. The average Bonchev–Trinajstić information content (AvgIpc) is 2.45. The molecule has 21 heavy (non-hydrogen) atoms. The zero-order chi connectivity index (χ0) is 15.6. The first kappa shape index (κ1) is 15.8. The van der Waals surface area contributed by atoms with Crippen LogP contribution in [0.2, 0.25) is 0 Å². The van der Waals surface area contributed by atoms with E-state index >= 15 is 0 Å². The molecule has 0 bridgehead atoms. The van der Waals surface area contributed by atoms with Crippen LogP contribution < -0.4 is 10.2 Å². The monoisotopic (exact) mass is 303 g/mol. The molecule has 1 N–H and O–H groups in total. The lowest BCUT2D eigenvalue weighted by Crippen LogP contribution is -2.45. The molecule has 1 aromatic heterocycles. The summed E-state index contributed by atoms with van der Waals surface area (Å²) < 4.78 is 38.7. The van der Waals surface area contributed by atoms with Gasteiger partial charge in [-0.3, -0.25) is 0 Å². The first-order valence-electron chi connectivity index (χ1n) is 6.86. The van der Waals surface area contributed by atoms with Crippen molar-refractivity contribution in [2.45, 2.75) is 25.1 Å². The van der Waals surface area contributed by atoms with Gasteiger partial charge in [-0.2, -0.15) is 18.2 Å². The van der Waals surface area contributed by atoms with Gasteiger partial charge in [-0.15, -0.1) is 0 Å². The molecule has 0 saturated carbocycles. The average molecular weight is 303 g/mol. The molecule has 1 aliphatic heterocycles. The number of nitrogens with one attached hydrogen (secondary N) is 1. The summed E-state index contributed by atoms with van der Waals surface area (Å²) in [5, 5.41) is 2.59. The van der Waals surface area contributed by atoms with Crippen molar-refractivity contribution in [3.8, 4) is 0 Å². The Kier molecular flexibility index (Phi) is 4.55. The predicted octanol–water partition coefficient (Wildman–Crippen LogP) is 2.07. The lowest BCUT2D eigenvalue weighted by atomic mass is 10.1. The number of rotatable bonds is 3. The molecule has 1 saturated heterocycles. The van der Waals surface area contributed by atoms with E-state index < -0.39 is 11.9 Å². The molecule has 0 aliphatic carbocycles. The third-order valence-electron chi connectivity index (χ3n) is 3.74. The third kappa shape index (κ3) is 3.75. The van der Waals surface area contributed by atoms with E-state index in [-0.39, 0.29) is 12.0 Å². The fourth-order valence-corrected chi connectivity index (χ4v) is 2.51. The van der Waals surface area contributed by atoms with E-state index in [0.717, 1.165) is 32.0 Å². The molecular weight excluding hydrogens is 283 g/mol. The Morgan fingerprint density at radius 3 is 2.67 bits per heavy atom. The number of likely N-dealkylation sites (tertiary alicyclic amines) is 1. The molecule has 1 aliphatic rings. The van der Waals surface area contributed by atoms with Crippen LogP contribution in [-0.4, -0.2) is 55.1 Å². The van der Waals surface area contributed by atoms with Gasteiger partial charge in [0.2, 0.25) is 5.95 Å². The van der Waals surface area contributed by atoms with Gasteiger partial charge in [0.1, 0.15) is 5.82 Å². The van der Waals surface area contributed by atoms with Crippen molar-refractivity contribution in [1.82, 2.24) is 14.9 Å². The van der Waals surface area contributed by atoms with Crippen molar-refractivity contribution >= 4 is 11.8 Å². The molecule has 0 spiro atoms. The van der Waals surface area contributed by atoms with Crippen molar-refractivity contribution in [1.29, 1.82) is 0 Å². The van der Waals surface area contributed by atoms with Crippen LogP contribution in [0.5, 0.6) is 0 Å². The molecule has 1 unspecified atom stereocenters. The summed E-state index contributed by atoms with van der Waals surface area (Å²) in [4.78, 5) is 11.6. The molecule has 0 radical (unpaired) electrons.